The van der Waals surface area contributed by atoms with E-state index in [9.17, 15) is 14.9 Å². The summed E-state index contributed by atoms with van der Waals surface area (Å²) >= 11 is 0. The van der Waals surface area contributed by atoms with Crippen molar-refractivity contribution in [1.29, 1.82) is 0 Å². The molecule has 1 aliphatic heterocycles. The minimum atomic E-state index is -0.364. The number of nitro groups is 1. The number of carbonyl (C=O) groups is 1. The van der Waals surface area contributed by atoms with E-state index < -0.39 is 0 Å². The average molecular weight is 392 g/mol. The fraction of sp³-hybridized carbons (Fsp3) is 0.250. The van der Waals surface area contributed by atoms with E-state index in [1.54, 1.807) is 29.2 Å². The Morgan fingerprint density at radius 1 is 1.10 bits per heavy atom. The first-order valence-corrected chi connectivity index (χ1v) is 9.36. The van der Waals surface area contributed by atoms with Gasteiger partial charge in [0.25, 0.3) is 5.69 Å². The van der Waals surface area contributed by atoms with Crippen LogP contribution in [0.15, 0.2) is 61.2 Å². The van der Waals surface area contributed by atoms with E-state index in [4.69, 9.17) is 0 Å². The van der Waals surface area contributed by atoms with Crippen molar-refractivity contribution in [3.8, 4) is 5.69 Å². The second-order valence-electron chi connectivity index (χ2n) is 6.88. The normalized spacial score (nSPS) is 14.6. The molecule has 0 bridgehead atoms. The lowest BCUT2D eigenvalue weighted by molar-refractivity contribution is -0.384. The minimum absolute atomic E-state index is 0.0271. The van der Waals surface area contributed by atoms with E-state index >= 15 is 0 Å². The van der Waals surface area contributed by atoms with Gasteiger partial charge in [-0.05, 0) is 43.2 Å². The molecular formula is C20H20N6O3. The van der Waals surface area contributed by atoms with Gasteiger partial charge in [0.2, 0.25) is 5.91 Å². The van der Waals surface area contributed by atoms with Crippen LogP contribution >= 0.6 is 0 Å². The van der Waals surface area contributed by atoms with Crippen LogP contribution in [0.5, 0.6) is 0 Å². The second-order valence-corrected chi connectivity index (χ2v) is 6.88. The highest BCUT2D eigenvalue weighted by molar-refractivity contribution is 5.92. The highest BCUT2D eigenvalue weighted by atomic mass is 16.6. The van der Waals surface area contributed by atoms with Crippen molar-refractivity contribution >= 4 is 23.0 Å². The molecule has 0 radical (unpaired) electrons. The van der Waals surface area contributed by atoms with Gasteiger partial charge in [-0.15, -0.1) is 0 Å². The van der Waals surface area contributed by atoms with Gasteiger partial charge in [0.15, 0.2) is 0 Å². The zero-order valence-electron chi connectivity index (χ0n) is 15.6. The number of nitro benzene ring substituents is 1. The standard InChI is InChI=1S/C20H20N6O3/c27-20(23-16-5-7-17(8-6-16)25-14-21-13-22-25)15-9-11-24(12-10-15)18-3-1-2-4-19(18)26(28)29/h1-8,13-15H,9-12H2,(H,23,27). The third kappa shape index (κ3) is 4.08. The van der Waals surface area contributed by atoms with Crippen molar-refractivity contribution < 1.29 is 9.72 Å². The van der Waals surface area contributed by atoms with Gasteiger partial charge >= 0.3 is 0 Å². The molecule has 0 atom stereocenters. The molecule has 1 fully saturated rings. The maximum Gasteiger partial charge on any atom is 0.292 e. The Morgan fingerprint density at radius 3 is 2.48 bits per heavy atom. The number of anilines is 2. The summed E-state index contributed by atoms with van der Waals surface area (Å²) < 4.78 is 1.64. The summed E-state index contributed by atoms with van der Waals surface area (Å²) in [5, 5.41) is 18.3. The summed E-state index contributed by atoms with van der Waals surface area (Å²) in [4.78, 5) is 29.4. The quantitative estimate of drug-likeness (QED) is 0.528. The van der Waals surface area contributed by atoms with Gasteiger partial charge in [-0.3, -0.25) is 14.9 Å². The number of hydrogen-bond donors (Lipinski definition) is 1. The Kier molecular flexibility index (Phi) is 5.19. The number of piperidine rings is 1. The molecule has 0 aliphatic carbocycles. The maximum absolute atomic E-state index is 12.6. The molecule has 4 rings (SSSR count). The maximum atomic E-state index is 12.6. The molecule has 1 amide bonds. The first-order chi connectivity index (χ1) is 14.1. The molecular weight excluding hydrogens is 372 g/mol. The van der Waals surface area contributed by atoms with E-state index in [-0.39, 0.29) is 22.4 Å². The number of hydrogen-bond acceptors (Lipinski definition) is 6. The predicted molar refractivity (Wildman–Crippen MR) is 108 cm³/mol. The zero-order valence-corrected chi connectivity index (χ0v) is 15.6. The second kappa shape index (κ2) is 8.09. The van der Waals surface area contributed by atoms with Crippen LogP contribution in [-0.2, 0) is 4.79 Å². The fourth-order valence-corrected chi connectivity index (χ4v) is 3.55. The van der Waals surface area contributed by atoms with Crippen LogP contribution < -0.4 is 10.2 Å². The topological polar surface area (TPSA) is 106 Å². The van der Waals surface area contributed by atoms with E-state index in [1.807, 2.05) is 29.2 Å². The van der Waals surface area contributed by atoms with Gasteiger partial charge in [0.1, 0.15) is 18.3 Å². The number of amides is 1. The third-order valence-corrected chi connectivity index (χ3v) is 5.10. The van der Waals surface area contributed by atoms with E-state index in [0.29, 0.717) is 31.6 Å². The summed E-state index contributed by atoms with van der Waals surface area (Å²) in [6.45, 7) is 1.21. The van der Waals surface area contributed by atoms with Gasteiger partial charge in [0, 0.05) is 30.8 Å². The summed E-state index contributed by atoms with van der Waals surface area (Å²) in [7, 11) is 0. The minimum Gasteiger partial charge on any atom is -0.366 e. The molecule has 9 heteroatoms. The SMILES string of the molecule is O=C(Nc1ccc(-n2cncn2)cc1)C1CCN(c2ccccc2[N+](=O)[O-])CC1. The lowest BCUT2D eigenvalue weighted by atomic mass is 9.95. The van der Waals surface area contributed by atoms with Gasteiger partial charge in [-0.1, -0.05) is 12.1 Å². The Hall–Kier alpha value is -3.75. The molecule has 3 aromatic rings. The molecule has 1 saturated heterocycles. The summed E-state index contributed by atoms with van der Waals surface area (Å²) in [6.07, 6.45) is 4.37. The molecule has 0 saturated carbocycles. The molecule has 1 N–H and O–H groups in total. The lowest BCUT2D eigenvalue weighted by Crippen LogP contribution is -2.38. The molecule has 2 aromatic carbocycles. The number of rotatable bonds is 5. The number of para-hydroxylation sites is 2. The number of benzene rings is 2. The van der Waals surface area contributed by atoms with Gasteiger partial charge in [0.05, 0.1) is 10.6 Å². The van der Waals surface area contributed by atoms with E-state index in [0.717, 1.165) is 11.4 Å². The molecule has 9 nitrogen and oxygen atoms in total. The van der Waals surface area contributed by atoms with Crippen LogP contribution in [0.4, 0.5) is 17.1 Å². The van der Waals surface area contributed by atoms with Gasteiger partial charge < -0.3 is 10.2 Å². The van der Waals surface area contributed by atoms with Crippen LogP contribution in [0.25, 0.3) is 5.69 Å². The van der Waals surface area contributed by atoms with Crippen molar-refractivity contribution in [3.05, 3.63) is 71.3 Å². The van der Waals surface area contributed by atoms with Crippen LogP contribution in [0, 0.1) is 16.0 Å². The Balaban J connectivity index is 1.35. The number of nitrogens with one attached hydrogen (secondary N) is 1. The van der Waals surface area contributed by atoms with Crippen LogP contribution in [0.3, 0.4) is 0 Å². The zero-order chi connectivity index (χ0) is 20.2. The first-order valence-electron chi connectivity index (χ1n) is 9.36. The highest BCUT2D eigenvalue weighted by Gasteiger charge is 2.28. The summed E-state index contributed by atoms with van der Waals surface area (Å²) in [6, 6.07) is 14.1. The Morgan fingerprint density at radius 2 is 1.83 bits per heavy atom. The lowest BCUT2D eigenvalue weighted by Gasteiger charge is -2.32. The van der Waals surface area contributed by atoms with Crippen LogP contribution in [-0.4, -0.2) is 38.7 Å². The molecule has 1 aromatic heterocycles. The number of carbonyl (C=O) groups excluding carboxylic acids is 1. The number of aromatic nitrogens is 3. The van der Waals surface area contributed by atoms with Crippen molar-refractivity contribution in [2.45, 2.75) is 12.8 Å². The Labute approximate surface area is 167 Å². The van der Waals surface area contributed by atoms with Crippen molar-refractivity contribution in [1.82, 2.24) is 14.8 Å². The van der Waals surface area contributed by atoms with Crippen LogP contribution in [0.1, 0.15) is 12.8 Å². The van der Waals surface area contributed by atoms with Crippen LogP contribution in [0.2, 0.25) is 0 Å². The molecule has 1 aliphatic rings. The van der Waals surface area contributed by atoms with Crippen molar-refractivity contribution in [2.75, 3.05) is 23.3 Å². The summed E-state index contributed by atoms with van der Waals surface area (Å²) in [5.74, 6) is -0.148. The van der Waals surface area contributed by atoms with E-state index in [2.05, 4.69) is 15.4 Å². The largest absolute Gasteiger partial charge is 0.366 e. The predicted octanol–water partition coefficient (Wildman–Crippen LogP) is 3.03. The first kappa shape index (κ1) is 18.6. The molecule has 0 spiro atoms. The Bertz CT molecular complexity index is 995. The van der Waals surface area contributed by atoms with Gasteiger partial charge in [-0.25, -0.2) is 9.67 Å². The van der Waals surface area contributed by atoms with Crippen molar-refractivity contribution in [2.24, 2.45) is 5.92 Å². The number of nitrogens with zero attached hydrogens (tertiary/aromatic N) is 5. The summed E-state index contributed by atoms with van der Waals surface area (Å²) in [5.41, 5.74) is 2.29. The van der Waals surface area contributed by atoms with Crippen molar-refractivity contribution in [3.63, 3.8) is 0 Å². The molecule has 148 valence electrons. The smallest absolute Gasteiger partial charge is 0.292 e. The fourth-order valence-electron chi connectivity index (χ4n) is 3.55. The molecule has 29 heavy (non-hydrogen) atoms. The average Bonchev–Trinajstić information content (AvgIpc) is 3.29. The monoisotopic (exact) mass is 392 g/mol. The van der Waals surface area contributed by atoms with Gasteiger partial charge in [-0.2, -0.15) is 5.10 Å². The molecule has 2 heterocycles. The van der Waals surface area contributed by atoms with E-state index in [1.165, 1.54) is 12.4 Å². The molecule has 0 unspecified atom stereocenters. The highest BCUT2D eigenvalue weighted by Crippen LogP contribution is 2.31. The third-order valence-electron chi connectivity index (χ3n) is 5.10.